The summed E-state index contributed by atoms with van der Waals surface area (Å²) in [7, 11) is 2.17. The van der Waals surface area contributed by atoms with Crippen LogP contribution in [0.25, 0.3) is 45.6 Å². The molecule has 0 unspecified atom stereocenters. The molecular weight excluding hydrogens is 858 g/mol. The summed E-state index contributed by atoms with van der Waals surface area (Å²) in [5.41, 5.74) is 17.4. The molecule has 1 heterocycles. The van der Waals surface area contributed by atoms with Crippen LogP contribution in [0.2, 0.25) is 0 Å². The molecule has 47 heavy (non-hydrogen) atoms. The summed E-state index contributed by atoms with van der Waals surface area (Å²) >= 11 is 16.7. The van der Waals surface area contributed by atoms with Crippen LogP contribution in [0, 0.1) is 0 Å². The molecule has 1 aliphatic heterocycles. The lowest BCUT2D eigenvalue weighted by molar-refractivity contribution is 1.11. The molecular formula is C41H23Br4NS. The summed E-state index contributed by atoms with van der Waals surface area (Å²) in [6.45, 7) is 0. The Morgan fingerprint density at radius 1 is 0.426 bits per heavy atom. The van der Waals surface area contributed by atoms with Crippen molar-refractivity contribution in [3.63, 3.8) is 0 Å². The van der Waals surface area contributed by atoms with Gasteiger partial charge < -0.3 is 4.90 Å². The molecule has 0 atom stereocenters. The van der Waals surface area contributed by atoms with Gasteiger partial charge >= 0.3 is 0 Å². The molecule has 6 aromatic rings. The van der Waals surface area contributed by atoms with Gasteiger partial charge in [-0.05, 0) is 152 Å². The first-order valence-electron chi connectivity index (χ1n) is 15.1. The van der Waals surface area contributed by atoms with E-state index in [2.05, 4.69) is 197 Å². The monoisotopic (exact) mass is 877 g/mol. The van der Waals surface area contributed by atoms with Crippen molar-refractivity contribution in [3.05, 3.63) is 160 Å². The fourth-order valence-electron chi connectivity index (χ4n) is 7.04. The maximum atomic E-state index is 3.71. The normalized spacial score (nSPS) is 13.4. The zero-order valence-electron chi connectivity index (χ0n) is 24.9. The molecule has 0 radical (unpaired) electrons. The maximum Gasteiger partial charge on any atom is 0.0550 e. The summed E-state index contributed by atoms with van der Waals surface area (Å²) in [4.78, 5) is 4.83. The van der Waals surface area contributed by atoms with Gasteiger partial charge in [0, 0.05) is 34.7 Å². The van der Waals surface area contributed by atoms with Crippen molar-refractivity contribution in [2.45, 2.75) is 9.79 Å². The Morgan fingerprint density at radius 3 is 1.11 bits per heavy atom. The Bertz CT molecular complexity index is 2130. The van der Waals surface area contributed by atoms with Crippen LogP contribution in [0.5, 0.6) is 0 Å². The number of benzene rings is 6. The van der Waals surface area contributed by atoms with Crippen LogP contribution in [0.15, 0.2) is 137 Å². The standard InChI is InChI=1S/C41H23Br4NS/c1-46-38-12-2-22(14-32-34-18-24(42)4-8-28(34)29-9-5-25(43)19-35(29)32)16-40(38)47-41-17-23(3-13-39(41)46)15-33-36-20-26(44)6-10-30(36)31-11-7-27(45)21-37(31)33/h2-21H,1H3. The maximum absolute atomic E-state index is 3.71. The number of fused-ring (bicyclic) bond motifs is 8. The molecule has 9 rings (SSSR count). The third-order valence-corrected chi connectivity index (χ3v) is 12.3. The van der Waals surface area contributed by atoms with E-state index in [0.717, 1.165) is 17.9 Å². The Labute approximate surface area is 311 Å². The summed E-state index contributed by atoms with van der Waals surface area (Å²) in [5.74, 6) is 0. The molecule has 3 aliphatic rings. The lowest BCUT2D eigenvalue weighted by Crippen LogP contribution is -2.14. The Hall–Kier alpha value is -3.13. The Morgan fingerprint density at radius 2 is 0.766 bits per heavy atom. The third kappa shape index (κ3) is 5.07. The van der Waals surface area contributed by atoms with E-state index >= 15 is 0 Å². The molecule has 0 bridgehead atoms. The van der Waals surface area contributed by atoms with E-state index in [-0.39, 0.29) is 0 Å². The smallest absolute Gasteiger partial charge is 0.0550 e. The highest BCUT2D eigenvalue weighted by Crippen LogP contribution is 2.51. The molecule has 0 saturated heterocycles. The van der Waals surface area contributed by atoms with Crippen molar-refractivity contribution in [3.8, 4) is 22.3 Å². The average molecular weight is 881 g/mol. The van der Waals surface area contributed by atoms with E-state index in [1.807, 2.05) is 11.8 Å². The van der Waals surface area contributed by atoms with Crippen LogP contribution in [-0.2, 0) is 0 Å². The molecule has 0 saturated carbocycles. The SMILES string of the molecule is CN1c2ccc(C=C3c4cc(Br)ccc4-c4ccc(Br)cc43)cc2Sc2cc(C=C3c4cc(Br)ccc4-c4ccc(Br)cc43)ccc21. The van der Waals surface area contributed by atoms with E-state index in [9.17, 15) is 0 Å². The molecule has 0 spiro atoms. The van der Waals surface area contributed by atoms with Gasteiger partial charge in [-0.15, -0.1) is 0 Å². The van der Waals surface area contributed by atoms with Crippen LogP contribution >= 0.6 is 75.5 Å². The number of hydrogen-bond acceptors (Lipinski definition) is 2. The summed E-state index contributed by atoms with van der Waals surface area (Å²) in [6.07, 6.45) is 4.68. The third-order valence-electron chi connectivity index (χ3n) is 9.20. The van der Waals surface area contributed by atoms with Crippen molar-refractivity contribution in [1.29, 1.82) is 0 Å². The second-order valence-corrected chi connectivity index (χ2v) is 16.7. The minimum atomic E-state index is 1.09. The van der Waals surface area contributed by atoms with Crippen LogP contribution < -0.4 is 4.90 Å². The first-order valence-corrected chi connectivity index (χ1v) is 19.1. The minimum Gasteiger partial charge on any atom is -0.343 e. The number of hydrogen-bond donors (Lipinski definition) is 0. The number of rotatable bonds is 2. The van der Waals surface area contributed by atoms with E-state index in [4.69, 9.17) is 0 Å². The van der Waals surface area contributed by atoms with Crippen LogP contribution in [0.1, 0.15) is 33.4 Å². The van der Waals surface area contributed by atoms with Gasteiger partial charge in [0.1, 0.15) is 0 Å². The second-order valence-electron chi connectivity index (χ2n) is 12.0. The second kappa shape index (κ2) is 11.5. The van der Waals surface area contributed by atoms with Crippen molar-refractivity contribution in [1.82, 2.24) is 0 Å². The molecule has 0 amide bonds. The predicted octanol–water partition coefficient (Wildman–Crippen LogP) is 14.1. The summed E-state index contributed by atoms with van der Waals surface area (Å²) in [6, 6.07) is 40.0. The van der Waals surface area contributed by atoms with Crippen LogP contribution in [0.3, 0.4) is 0 Å². The molecule has 0 aromatic heterocycles. The van der Waals surface area contributed by atoms with Gasteiger partial charge in [-0.3, -0.25) is 0 Å². The zero-order valence-corrected chi connectivity index (χ0v) is 32.1. The van der Waals surface area contributed by atoms with Gasteiger partial charge in [0.2, 0.25) is 0 Å². The minimum absolute atomic E-state index is 1.09. The molecule has 2 aliphatic carbocycles. The van der Waals surface area contributed by atoms with Gasteiger partial charge in [0.05, 0.1) is 11.4 Å². The van der Waals surface area contributed by atoms with Gasteiger partial charge in [-0.25, -0.2) is 0 Å². The highest BCUT2D eigenvalue weighted by atomic mass is 79.9. The van der Waals surface area contributed by atoms with Crippen LogP contribution in [-0.4, -0.2) is 7.05 Å². The molecule has 226 valence electrons. The van der Waals surface area contributed by atoms with Gasteiger partial charge in [0.15, 0.2) is 0 Å². The number of halogens is 4. The van der Waals surface area contributed by atoms with E-state index in [1.165, 1.54) is 87.9 Å². The number of nitrogens with zero attached hydrogens (tertiary/aromatic N) is 1. The van der Waals surface area contributed by atoms with E-state index in [1.54, 1.807) is 0 Å². The van der Waals surface area contributed by atoms with Crippen molar-refractivity contribution < 1.29 is 0 Å². The van der Waals surface area contributed by atoms with Gasteiger partial charge in [-0.2, -0.15) is 0 Å². The quantitative estimate of drug-likeness (QED) is 0.170. The van der Waals surface area contributed by atoms with Crippen molar-refractivity contribution >= 4 is 110 Å². The Balaban J connectivity index is 1.11. The van der Waals surface area contributed by atoms with Gasteiger partial charge in [-0.1, -0.05) is 112 Å². The first kappa shape index (κ1) is 30.0. The summed E-state index contributed by atoms with van der Waals surface area (Å²) < 4.78 is 4.35. The first-order chi connectivity index (χ1) is 22.8. The summed E-state index contributed by atoms with van der Waals surface area (Å²) in [5, 5.41) is 0. The highest BCUT2D eigenvalue weighted by molar-refractivity contribution is 9.11. The molecule has 6 heteroatoms. The average Bonchev–Trinajstić information content (AvgIpc) is 3.51. The largest absolute Gasteiger partial charge is 0.343 e. The topological polar surface area (TPSA) is 3.24 Å². The molecule has 0 N–H and O–H groups in total. The van der Waals surface area contributed by atoms with Gasteiger partial charge in [0.25, 0.3) is 0 Å². The molecule has 6 aromatic carbocycles. The zero-order chi connectivity index (χ0) is 32.0. The fourth-order valence-corrected chi connectivity index (χ4v) is 9.73. The molecule has 1 nitrogen and oxygen atoms in total. The molecule has 0 fully saturated rings. The van der Waals surface area contributed by atoms with Crippen LogP contribution in [0.4, 0.5) is 11.4 Å². The number of anilines is 2. The van der Waals surface area contributed by atoms with Crippen molar-refractivity contribution in [2.24, 2.45) is 0 Å². The fraction of sp³-hybridized carbons (Fsp3) is 0.0244. The van der Waals surface area contributed by atoms with E-state index < -0.39 is 0 Å². The predicted molar refractivity (Wildman–Crippen MR) is 214 cm³/mol. The Kier molecular flexibility index (Phi) is 7.33. The lowest BCUT2D eigenvalue weighted by atomic mass is 10.0. The highest BCUT2D eigenvalue weighted by Gasteiger charge is 2.27. The van der Waals surface area contributed by atoms with E-state index in [0.29, 0.717) is 0 Å². The van der Waals surface area contributed by atoms with Crippen molar-refractivity contribution in [2.75, 3.05) is 11.9 Å². The lowest BCUT2D eigenvalue weighted by Gasteiger charge is -2.30.